The molecule has 0 amide bonds. The number of methoxy groups -OCH3 is 2. The molecular weight excluding hydrogens is 877 g/mol. The second kappa shape index (κ2) is 28.5. The Morgan fingerprint density at radius 2 is 1.15 bits per heavy atom. The van der Waals surface area contributed by atoms with Crippen molar-refractivity contribution in [2.24, 2.45) is 29.1 Å². The van der Waals surface area contributed by atoms with Gasteiger partial charge in [-0.15, -0.1) is 0 Å². The molecule has 2 saturated carbocycles. The topological polar surface area (TPSA) is 181 Å². The average molecular weight is 951 g/mol. The summed E-state index contributed by atoms with van der Waals surface area (Å²) in [7, 11) is 2.80. The van der Waals surface area contributed by atoms with E-state index in [1.54, 1.807) is 6.07 Å². The highest BCUT2D eigenvalue weighted by Crippen LogP contribution is 2.42. The van der Waals surface area contributed by atoms with Gasteiger partial charge in [0, 0.05) is 19.8 Å². The SMILES string of the molecule is C=C(C)C(=O)OCC(COC(=O)C(=O)OCCOC)(COC(=O)C(=O)OCCOC)COc1ccc(-c2ccc(OCC3CCC(C4CCC(CCCCC)CC4)CC3)cc2)cc1CCC1CO1. The van der Waals surface area contributed by atoms with Gasteiger partial charge in [-0.1, -0.05) is 70.2 Å². The number of epoxide rings is 1. The van der Waals surface area contributed by atoms with Crippen LogP contribution >= 0.6 is 0 Å². The fourth-order valence-electron chi connectivity index (χ4n) is 8.99. The molecule has 2 aliphatic carbocycles. The Balaban J connectivity index is 1.25. The van der Waals surface area contributed by atoms with E-state index in [4.69, 9.17) is 47.4 Å². The van der Waals surface area contributed by atoms with Gasteiger partial charge in [-0.25, -0.2) is 24.0 Å². The fourth-order valence-corrected chi connectivity index (χ4v) is 8.99. The number of benzene rings is 2. The third-order valence-corrected chi connectivity index (χ3v) is 13.3. The van der Waals surface area contributed by atoms with Gasteiger partial charge >= 0.3 is 29.8 Å². The number of carbonyl (C=O) groups excluding carboxylic acids is 5. The predicted octanol–water partition coefficient (Wildman–Crippen LogP) is 8.21. The van der Waals surface area contributed by atoms with E-state index in [1.165, 1.54) is 98.2 Å². The molecule has 0 N–H and O–H groups in total. The Morgan fingerprint density at radius 3 is 1.68 bits per heavy atom. The van der Waals surface area contributed by atoms with E-state index < -0.39 is 55.1 Å². The summed E-state index contributed by atoms with van der Waals surface area (Å²) in [6.45, 7) is 6.14. The number of esters is 5. The minimum Gasteiger partial charge on any atom is -0.493 e. The number of unbranched alkanes of at least 4 members (excludes halogenated alkanes) is 2. The zero-order valence-corrected chi connectivity index (χ0v) is 40.7. The van der Waals surface area contributed by atoms with Gasteiger partial charge in [-0.2, -0.15) is 0 Å². The predicted molar refractivity (Wildman–Crippen MR) is 252 cm³/mol. The molecule has 0 bridgehead atoms. The van der Waals surface area contributed by atoms with Crippen LogP contribution in [0.4, 0.5) is 0 Å². The molecule has 5 rings (SSSR count). The molecule has 3 fully saturated rings. The number of hydrogen-bond donors (Lipinski definition) is 0. The van der Waals surface area contributed by atoms with E-state index in [2.05, 4.69) is 13.5 Å². The summed E-state index contributed by atoms with van der Waals surface area (Å²) >= 11 is 0. The van der Waals surface area contributed by atoms with Gasteiger partial charge in [0.15, 0.2) is 0 Å². The lowest BCUT2D eigenvalue weighted by Gasteiger charge is -2.38. The Morgan fingerprint density at radius 1 is 0.618 bits per heavy atom. The zero-order chi connectivity index (χ0) is 48.7. The quantitative estimate of drug-likeness (QED) is 0.0199. The first-order valence-electron chi connectivity index (χ1n) is 24.5. The van der Waals surface area contributed by atoms with Crippen LogP contribution < -0.4 is 9.47 Å². The molecule has 0 spiro atoms. The van der Waals surface area contributed by atoms with Crippen molar-refractivity contribution in [2.75, 3.05) is 80.3 Å². The Hall–Kier alpha value is -4.99. The van der Waals surface area contributed by atoms with Crippen molar-refractivity contribution in [1.29, 1.82) is 0 Å². The van der Waals surface area contributed by atoms with Crippen LogP contribution in [0.15, 0.2) is 54.6 Å². The summed E-state index contributed by atoms with van der Waals surface area (Å²) in [5, 5.41) is 0. The molecule has 376 valence electrons. The van der Waals surface area contributed by atoms with Crippen LogP contribution in [0, 0.1) is 29.1 Å². The normalized spacial score (nSPS) is 20.1. The van der Waals surface area contributed by atoms with Crippen LogP contribution in [-0.4, -0.2) is 116 Å². The fraction of sp³-hybridized carbons (Fsp3) is 0.642. The molecule has 0 radical (unpaired) electrons. The second-order valence-electron chi connectivity index (χ2n) is 18.8. The zero-order valence-electron chi connectivity index (χ0n) is 40.7. The maximum atomic E-state index is 12.8. The molecule has 68 heavy (non-hydrogen) atoms. The van der Waals surface area contributed by atoms with Crippen LogP contribution in [0.3, 0.4) is 0 Å². The molecule has 15 heteroatoms. The van der Waals surface area contributed by atoms with Gasteiger partial charge in [0.25, 0.3) is 0 Å². The Labute approximate surface area is 402 Å². The molecular formula is C53H74O15. The summed E-state index contributed by atoms with van der Waals surface area (Å²) in [5.74, 6) is -1.53. The maximum absolute atomic E-state index is 12.8. The largest absolute Gasteiger partial charge is 0.493 e. The van der Waals surface area contributed by atoms with Crippen LogP contribution in [0.25, 0.3) is 11.1 Å². The first-order valence-corrected chi connectivity index (χ1v) is 24.5. The first-order chi connectivity index (χ1) is 32.9. The third-order valence-electron chi connectivity index (χ3n) is 13.3. The van der Waals surface area contributed by atoms with E-state index >= 15 is 0 Å². The minimum absolute atomic E-state index is 0.0402. The number of ether oxygens (including phenoxy) is 10. The van der Waals surface area contributed by atoms with Crippen LogP contribution in [0.1, 0.15) is 103 Å². The van der Waals surface area contributed by atoms with Gasteiger partial charge in [0.1, 0.15) is 56.6 Å². The Bertz CT molecular complexity index is 1870. The van der Waals surface area contributed by atoms with Crippen molar-refractivity contribution < 1.29 is 71.3 Å². The van der Waals surface area contributed by atoms with Gasteiger partial charge in [-0.3, -0.25) is 0 Å². The van der Waals surface area contributed by atoms with Crippen molar-refractivity contribution in [3.8, 4) is 22.6 Å². The smallest absolute Gasteiger partial charge is 0.417 e. The molecule has 1 unspecified atom stereocenters. The number of rotatable bonds is 28. The van der Waals surface area contributed by atoms with Crippen LogP contribution in [-0.2, 0) is 68.3 Å². The van der Waals surface area contributed by atoms with Crippen molar-refractivity contribution in [3.63, 3.8) is 0 Å². The minimum atomic E-state index is -1.66. The van der Waals surface area contributed by atoms with E-state index in [-0.39, 0.29) is 44.7 Å². The monoisotopic (exact) mass is 951 g/mol. The van der Waals surface area contributed by atoms with Gasteiger partial charge in [0.2, 0.25) is 0 Å². The molecule has 1 atom stereocenters. The van der Waals surface area contributed by atoms with E-state index in [0.717, 1.165) is 53.2 Å². The summed E-state index contributed by atoms with van der Waals surface area (Å²) in [4.78, 5) is 63.1. The van der Waals surface area contributed by atoms with Crippen molar-refractivity contribution in [2.45, 2.75) is 110 Å². The van der Waals surface area contributed by atoms with E-state index in [0.29, 0.717) is 24.7 Å². The van der Waals surface area contributed by atoms with Gasteiger partial charge in [0.05, 0.1) is 32.5 Å². The van der Waals surface area contributed by atoms with Crippen molar-refractivity contribution in [1.82, 2.24) is 0 Å². The molecule has 0 aromatic heterocycles. The first kappa shape index (κ1) is 54.0. The highest BCUT2D eigenvalue weighted by molar-refractivity contribution is 6.30. The summed E-state index contributed by atoms with van der Waals surface area (Å²) in [6, 6.07) is 13.8. The van der Waals surface area contributed by atoms with E-state index in [1.807, 2.05) is 36.4 Å². The maximum Gasteiger partial charge on any atom is 0.417 e. The second-order valence-corrected chi connectivity index (χ2v) is 18.8. The molecule has 2 aromatic rings. The van der Waals surface area contributed by atoms with Crippen molar-refractivity contribution in [3.05, 3.63) is 60.2 Å². The highest BCUT2D eigenvalue weighted by atomic mass is 16.6. The van der Waals surface area contributed by atoms with Crippen LogP contribution in [0.5, 0.6) is 11.5 Å². The lowest BCUT2D eigenvalue weighted by molar-refractivity contribution is -0.179. The molecule has 2 aromatic carbocycles. The molecule has 1 heterocycles. The Kier molecular flexibility index (Phi) is 22.6. The third kappa shape index (κ3) is 18.2. The van der Waals surface area contributed by atoms with E-state index in [9.17, 15) is 24.0 Å². The molecule has 3 aliphatic rings. The molecule has 15 nitrogen and oxygen atoms in total. The lowest BCUT2D eigenvalue weighted by Crippen LogP contribution is -2.45. The molecule has 1 aliphatic heterocycles. The summed E-state index contributed by atoms with van der Waals surface area (Å²) < 4.78 is 54.0. The summed E-state index contributed by atoms with van der Waals surface area (Å²) in [5.41, 5.74) is 1.15. The number of aryl methyl sites for hydroxylation is 1. The standard InChI is InChI=1S/C53H74O15/c1-6-7-8-9-38-10-14-40(15-11-38)41-16-12-39(13-17-41)31-63-45-22-18-42(19-23-45)43-21-25-47(44(30-43)20-24-46-32-64-46)65-33-53(34-66-48(54)37(2)3,35-67-51(57)49(55)61-28-26-59-4)36-68-52(58)50(56)62-29-27-60-5/h18-19,21-23,25,30,38-41,46H,2,6-17,20,24,26-29,31-36H2,1,3-5H3. The van der Waals surface area contributed by atoms with Crippen molar-refractivity contribution >= 4 is 29.8 Å². The highest BCUT2D eigenvalue weighted by Gasteiger charge is 2.40. The van der Waals surface area contributed by atoms with Gasteiger partial charge < -0.3 is 47.4 Å². The summed E-state index contributed by atoms with van der Waals surface area (Å²) in [6.07, 6.45) is 17.7. The van der Waals surface area contributed by atoms with Gasteiger partial charge in [-0.05, 0) is 123 Å². The van der Waals surface area contributed by atoms with Crippen LogP contribution in [0.2, 0.25) is 0 Å². The average Bonchev–Trinajstić information content (AvgIpc) is 4.20. The number of hydrogen-bond acceptors (Lipinski definition) is 15. The molecule has 1 saturated heterocycles. The number of carbonyl (C=O) groups is 5. The lowest BCUT2D eigenvalue weighted by atomic mass is 9.69.